The number of benzene rings is 3. The topological polar surface area (TPSA) is 63.1 Å². The van der Waals surface area contributed by atoms with Gasteiger partial charge < -0.3 is 14.6 Å². The van der Waals surface area contributed by atoms with Crippen LogP contribution < -0.4 is 14.8 Å². The number of ether oxygens (including phenoxy) is 2. The van der Waals surface area contributed by atoms with Gasteiger partial charge in [0, 0.05) is 32.7 Å². The summed E-state index contributed by atoms with van der Waals surface area (Å²) in [7, 11) is 0. The van der Waals surface area contributed by atoms with Crippen molar-refractivity contribution in [2.75, 3.05) is 6.79 Å². The Hall–Kier alpha value is -2.35. The summed E-state index contributed by atoms with van der Waals surface area (Å²) < 4.78 is 12.9. The minimum atomic E-state index is -0.240. The normalized spacial score (nSPS) is 20.1. The molecule has 3 aromatic rings. The van der Waals surface area contributed by atoms with Crippen LogP contribution in [0.25, 0.3) is 0 Å². The lowest BCUT2D eigenvalue weighted by Gasteiger charge is -2.31. The van der Waals surface area contributed by atoms with E-state index < -0.39 is 0 Å². The molecule has 2 atom stereocenters. The second-order valence-electron chi connectivity index (χ2n) is 7.22. The van der Waals surface area contributed by atoms with Crippen LogP contribution in [0.2, 0.25) is 0 Å². The van der Waals surface area contributed by atoms with E-state index in [0.717, 1.165) is 42.8 Å². The predicted octanol–water partition coefficient (Wildman–Crippen LogP) is 5.87. The molecule has 0 fully saturated rings. The Morgan fingerprint density at radius 3 is 2.50 bits per heavy atom. The van der Waals surface area contributed by atoms with Crippen LogP contribution in [0.15, 0.2) is 74.6 Å². The molecule has 0 saturated carbocycles. The number of aliphatic imine (C=N–C) groups is 1. The van der Waals surface area contributed by atoms with Gasteiger partial charge in [-0.1, -0.05) is 44.0 Å². The van der Waals surface area contributed by atoms with Crippen molar-refractivity contribution in [3.05, 3.63) is 86.3 Å². The summed E-state index contributed by atoms with van der Waals surface area (Å²) in [6.07, 6.45) is 0.395. The molecule has 0 amide bonds. The molecule has 3 aromatic carbocycles. The van der Waals surface area contributed by atoms with Crippen LogP contribution in [0.4, 0.5) is 0 Å². The SMILES string of the molecule is Oc1ccc(Br)cc1C1CC(c2ccc3c(c2)OCO3)=NC(c2ccc(Br)cc2)N1. The molecule has 2 aliphatic rings. The first-order chi connectivity index (χ1) is 14.6. The summed E-state index contributed by atoms with van der Waals surface area (Å²) in [6, 6.07) is 19.4. The standard InChI is InChI=1S/C23H18Br2N2O3/c24-15-4-1-13(2-5-15)23-26-18(14-3-8-21-22(9-14)30-12-29-21)11-19(27-23)17-10-16(25)6-7-20(17)28/h1-10,19,23,27-28H,11-12H2. The Bertz CT molecular complexity index is 1130. The zero-order chi connectivity index (χ0) is 20.7. The van der Waals surface area contributed by atoms with Gasteiger partial charge in [-0.3, -0.25) is 10.3 Å². The van der Waals surface area contributed by atoms with Crippen molar-refractivity contribution in [2.45, 2.75) is 18.6 Å². The van der Waals surface area contributed by atoms with Crippen LogP contribution in [-0.4, -0.2) is 17.6 Å². The van der Waals surface area contributed by atoms with Crippen molar-refractivity contribution in [3.8, 4) is 17.2 Å². The summed E-state index contributed by atoms with van der Waals surface area (Å²) >= 11 is 7.01. The number of nitrogens with zero attached hydrogens (tertiary/aromatic N) is 1. The van der Waals surface area contributed by atoms with Crippen LogP contribution in [0.1, 0.15) is 35.3 Å². The first kappa shape index (κ1) is 19.6. The highest BCUT2D eigenvalue weighted by molar-refractivity contribution is 9.10. The van der Waals surface area contributed by atoms with Crippen LogP contribution in [0.5, 0.6) is 17.2 Å². The molecule has 0 radical (unpaired) electrons. The molecule has 7 heteroatoms. The van der Waals surface area contributed by atoms with Gasteiger partial charge in [-0.05, 0) is 59.7 Å². The monoisotopic (exact) mass is 528 g/mol. The second-order valence-corrected chi connectivity index (χ2v) is 9.06. The molecule has 0 aliphatic carbocycles. The van der Waals surface area contributed by atoms with Gasteiger partial charge in [0.15, 0.2) is 11.5 Å². The van der Waals surface area contributed by atoms with Crippen molar-refractivity contribution in [1.82, 2.24) is 5.32 Å². The van der Waals surface area contributed by atoms with E-state index in [4.69, 9.17) is 14.5 Å². The average molecular weight is 530 g/mol. The highest BCUT2D eigenvalue weighted by atomic mass is 79.9. The van der Waals surface area contributed by atoms with E-state index in [1.165, 1.54) is 0 Å². The molecule has 30 heavy (non-hydrogen) atoms. The zero-order valence-electron chi connectivity index (χ0n) is 15.8. The van der Waals surface area contributed by atoms with Crippen molar-refractivity contribution in [3.63, 3.8) is 0 Å². The fourth-order valence-electron chi connectivity index (χ4n) is 3.78. The van der Waals surface area contributed by atoms with Gasteiger partial charge in [0.1, 0.15) is 11.9 Å². The third-order valence-corrected chi connectivity index (χ3v) is 6.32. The first-order valence-corrected chi connectivity index (χ1v) is 11.1. The molecule has 0 spiro atoms. The van der Waals surface area contributed by atoms with Gasteiger partial charge >= 0.3 is 0 Å². The molecule has 2 heterocycles. The summed E-state index contributed by atoms with van der Waals surface area (Å²) in [5, 5.41) is 14.1. The number of hydrogen-bond donors (Lipinski definition) is 2. The number of aromatic hydroxyl groups is 1. The highest BCUT2D eigenvalue weighted by Crippen LogP contribution is 2.38. The molecule has 0 bridgehead atoms. The van der Waals surface area contributed by atoms with E-state index in [2.05, 4.69) is 37.2 Å². The Labute approximate surface area is 191 Å². The fraction of sp³-hybridized carbons (Fsp3) is 0.174. The van der Waals surface area contributed by atoms with Gasteiger partial charge in [-0.25, -0.2) is 0 Å². The number of phenolic OH excluding ortho intramolecular Hbond substituents is 1. The quantitative estimate of drug-likeness (QED) is 0.445. The molecular weight excluding hydrogens is 512 g/mol. The van der Waals surface area contributed by atoms with E-state index in [9.17, 15) is 5.11 Å². The predicted molar refractivity (Wildman–Crippen MR) is 122 cm³/mol. The number of phenols is 1. The maximum Gasteiger partial charge on any atom is 0.231 e. The van der Waals surface area contributed by atoms with Crippen LogP contribution in [-0.2, 0) is 0 Å². The lowest BCUT2D eigenvalue weighted by molar-refractivity contribution is 0.174. The van der Waals surface area contributed by atoms with E-state index in [1.807, 2.05) is 54.6 Å². The van der Waals surface area contributed by atoms with E-state index in [1.54, 1.807) is 6.07 Å². The Morgan fingerprint density at radius 1 is 0.900 bits per heavy atom. The second kappa shape index (κ2) is 8.06. The minimum Gasteiger partial charge on any atom is -0.508 e. The van der Waals surface area contributed by atoms with Gasteiger partial charge in [0.2, 0.25) is 6.79 Å². The Balaban J connectivity index is 1.56. The van der Waals surface area contributed by atoms with Crippen LogP contribution >= 0.6 is 31.9 Å². The van der Waals surface area contributed by atoms with Crippen molar-refractivity contribution < 1.29 is 14.6 Å². The Morgan fingerprint density at radius 2 is 1.67 bits per heavy atom. The number of halogens is 2. The van der Waals surface area contributed by atoms with Crippen LogP contribution in [0.3, 0.4) is 0 Å². The van der Waals surface area contributed by atoms with Crippen molar-refractivity contribution in [2.24, 2.45) is 4.99 Å². The molecule has 152 valence electrons. The van der Waals surface area contributed by atoms with Crippen LogP contribution in [0, 0.1) is 0 Å². The summed E-state index contributed by atoms with van der Waals surface area (Å²) in [5.74, 6) is 1.74. The molecule has 0 saturated heterocycles. The molecule has 5 nitrogen and oxygen atoms in total. The highest BCUT2D eigenvalue weighted by Gasteiger charge is 2.28. The Kier molecular flexibility index (Phi) is 5.26. The molecule has 0 aromatic heterocycles. The van der Waals surface area contributed by atoms with E-state index >= 15 is 0 Å². The maximum atomic E-state index is 10.5. The van der Waals surface area contributed by atoms with E-state index in [-0.39, 0.29) is 24.8 Å². The third kappa shape index (κ3) is 3.85. The lowest BCUT2D eigenvalue weighted by Crippen LogP contribution is -2.33. The summed E-state index contributed by atoms with van der Waals surface area (Å²) in [5.41, 5.74) is 3.82. The third-order valence-electron chi connectivity index (χ3n) is 5.30. The molecular formula is C23H18Br2N2O3. The van der Waals surface area contributed by atoms with Gasteiger partial charge in [0.05, 0.1) is 0 Å². The fourth-order valence-corrected chi connectivity index (χ4v) is 4.42. The molecule has 2 aliphatic heterocycles. The summed E-state index contributed by atoms with van der Waals surface area (Å²) in [4.78, 5) is 5.01. The van der Waals surface area contributed by atoms with E-state index in [0.29, 0.717) is 6.42 Å². The maximum absolute atomic E-state index is 10.5. The van der Waals surface area contributed by atoms with Crippen molar-refractivity contribution in [1.29, 1.82) is 0 Å². The molecule has 2 unspecified atom stereocenters. The first-order valence-electron chi connectivity index (χ1n) is 9.53. The number of hydrogen-bond acceptors (Lipinski definition) is 5. The van der Waals surface area contributed by atoms with Crippen molar-refractivity contribution >= 4 is 37.6 Å². The number of fused-ring (bicyclic) bond motifs is 1. The van der Waals surface area contributed by atoms with Gasteiger partial charge in [-0.15, -0.1) is 0 Å². The minimum absolute atomic E-state index is 0.103. The zero-order valence-corrected chi connectivity index (χ0v) is 19.0. The lowest BCUT2D eigenvalue weighted by atomic mass is 9.93. The van der Waals surface area contributed by atoms with Gasteiger partial charge in [0.25, 0.3) is 0 Å². The number of rotatable bonds is 3. The molecule has 2 N–H and O–H groups in total. The van der Waals surface area contributed by atoms with Gasteiger partial charge in [-0.2, -0.15) is 0 Å². The largest absolute Gasteiger partial charge is 0.508 e. The molecule has 5 rings (SSSR count). The summed E-state index contributed by atoms with van der Waals surface area (Å²) in [6.45, 7) is 0.239. The number of nitrogens with one attached hydrogen (secondary N) is 1. The smallest absolute Gasteiger partial charge is 0.231 e. The average Bonchev–Trinajstić information content (AvgIpc) is 3.23.